The summed E-state index contributed by atoms with van der Waals surface area (Å²) in [5.41, 5.74) is -0.626. The molecule has 0 spiro atoms. The predicted octanol–water partition coefficient (Wildman–Crippen LogP) is 8.11. The van der Waals surface area contributed by atoms with Gasteiger partial charge in [0.2, 0.25) is 0 Å². The third-order valence-corrected chi connectivity index (χ3v) is 6.38. The van der Waals surface area contributed by atoms with E-state index in [2.05, 4.69) is 27.7 Å². The van der Waals surface area contributed by atoms with Crippen molar-refractivity contribution in [3.05, 3.63) is 0 Å². The van der Waals surface area contributed by atoms with Gasteiger partial charge in [0.1, 0.15) is 31.8 Å². The number of hydrogen-bond donors (Lipinski definition) is 0. The molecule has 0 unspecified atom stereocenters. The molecule has 0 aliphatic carbocycles. The van der Waals surface area contributed by atoms with Crippen LogP contribution in [0.3, 0.4) is 0 Å². The standard InChI is InChI=1S/C25H44O4S4/c1-5-9-13-21(30)26-17-25(18-27-22(31)14-10-6-2,19-28-23(32)15-11-7-3)20-29-24(33)16-12-8-4/h5-20H2,1-4H3. The van der Waals surface area contributed by atoms with E-state index in [0.29, 0.717) is 46.6 Å². The Morgan fingerprint density at radius 2 is 0.667 bits per heavy atom. The summed E-state index contributed by atoms with van der Waals surface area (Å²) in [6, 6.07) is 0. The minimum Gasteiger partial charge on any atom is -0.486 e. The van der Waals surface area contributed by atoms with E-state index in [-0.39, 0.29) is 0 Å². The lowest BCUT2D eigenvalue weighted by Crippen LogP contribution is -2.43. The Morgan fingerprint density at radius 3 is 0.848 bits per heavy atom. The molecule has 0 heterocycles. The minimum atomic E-state index is -0.626. The molecule has 0 N–H and O–H groups in total. The van der Waals surface area contributed by atoms with Crippen LogP contribution in [0.2, 0.25) is 0 Å². The van der Waals surface area contributed by atoms with Gasteiger partial charge in [-0.1, -0.05) is 53.4 Å². The summed E-state index contributed by atoms with van der Waals surface area (Å²) in [7, 11) is 0. The number of thiocarbonyl (C=S) groups is 4. The van der Waals surface area contributed by atoms with Crippen LogP contribution in [0.5, 0.6) is 0 Å². The Bertz CT molecular complexity index is 479. The van der Waals surface area contributed by atoms with Crippen molar-refractivity contribution in [2.24, 2.45) is 5.41 Å². The maximum Gasteiger partial charge on any atom is 0.159 e. The Kier molecular flexibility index (Phi) is 20.6. The summed E-state index contributed by atoms with van der Waals surface area (Å²) in [5.74, 6) is 0. The highest BCUT2D eigenvalue weighted by molar-refractivity contribution is 7.80. The van der Waals surface area contributed by atoms with E-state index in [9.17, 15) is 0 Å². The highest BCUT2D eigenvalue weighted by Crippen LogP contribution is 2.24. The van der Waals surface area contributed by atoms with Gasteiger partial charge in [0, 0.05) is 25.7 Å². The van der Waals surface area contributed by atoms with Crippen LogP contribution in [-0.2, 0) is 18.9 Å². The third kappa shape index (κ3) is 17.6. The fourth-order valence-corrected chi connectivity index (χ4v) is 3.57. The van der Waals surface area contributed by atoms with E-state index < -0.39 is 5.41 Å². The Balaban J connectivity index is 5.42. The smallest absolute Gasteiger partial charge is 0.159 e. The summed E-state index contributed by atoms with van der Waals surface area (Å²) < 4.78 is 24.0. The van der Waals surface area contributed by atoms with Crippen molar-refractivity contribution in [3.63, 3.8) is 0 Å². The summed E-state index contributed by atoms with van der Waals surface area (Å²) in [5, 5.41) is 2.38. The molecule has 0 aromatic carbocycles. The normalized spacial score (nSPS) is 11.0. The number of rotatable bonds is 20. The lowest BCUT2D eigenvalue weighted by Gasteiger charge is -2.33. The highest BCUT2D eigenvalue weighted by Gasteiger charge is 2.36. The van der Waals surface area contributed by atoms with Crippen molar-refractivity contribution in [3.8, 4) is 0 Å². The second-order valence-corrected chi connectivity index (χ2v) is 10.4. The van der Waals surface area contributed by atoms with Crippen LogP contribution in [0.15, 0.2) is 0 Å². The van der Waals surface area contributed by atoms with Gasteiger partial charge in [-0.25, -0.2) is 0 Å². The maximum atomic E-state index is 6.01. The van der Waals surface area contributed by atoms with Gasteiger partial charge < -0.3 is 18.9 Å². The highest BCUT2D eigenvalue weighted by atomic mass is 32.1. The molecule has 0 radical (unpaired) electrons. The average Bonchev–Trinajstić information content (AvgIpc) is 2.82. The molecule has 4 nitrogen and oxygen atoms in total. The van der Waals surface area contributed by atoms with Crippen LogP contribution in [0.25, 0.3) is 0 Å². The summed E-state index contributed by atoms with van der Waals surface area (Å²) in [4.78, 5) is 0. The van der Waals surface area contributed by atoms with Gasteiger partial charge in [-0.2, -0.15) is 0 Å². The molecule has 0 aliphatic heterocycles. The lowest BCUT2D eigenvalue weighted by atomic mass is 9.92. The molecule has 0 aromatic rings. The fraction of sp³-hybridized carbons (Fsp3) is 0.840. The van der Waals surface area contributed by atoms with Crippen LogP contribution in [0.1, 0.15) is 105 Å². The molecule has 0 bridgehead atoms. The molecule has 0 saturated carbocycles. The zero-order valence-electron chi connectivity index (χ0n) is 21.1. The first-order valence-electron chi connectivity index (χ1n) is 12.4. The predicted molar refractivity (Wildman–Crippen MR) is 155 cm³/mol. The van der Waals surface area contributed by atoms with Gasteiger partial charge in [-0.3, -0.25) is 0 Å². The van der Waals surface area contributed by atoms with Crippen molar-refractivity contribution >= 4 is 69.1 Å². The maximum absolute atomic E-state index is 6.01. The van der Waals surface area contributed by atoms with Crippen LogP contribution in [0.4, 0.5) is 0 Å². The van der Waals surface area contributed by atoms with E-state index in [1.54, 1.807) is 0 Å². The van der Waals surface area contributed by atoms with Gasteiger partial charge in [-0.15, -0.1) is 0 Å². The molecule has 0 aromatic heterocycles. The first-order chi connectivity index (χ1) is 15.8. The summed E-state index contributed by atoms with van der Waals surface area (Å²) in [6.07, 6.45) is 11.3. The van der Waals surface area contributed by atoms with Gasteiger partial charge >= 0.3 is 0 Å². The van der Waals surface area contributed by atoms with Gasteiger partial charge in [0.15, 0.2) is 20.2 Å². The first kappa shape index (κ1) is 32.6. The van der Waals surface area contributed by atoms with Crippen molar-refractivity contribution in [2.75, 3.05) is 26.4 Å². The number of unbranched alkanes of at least 4 members (excludes halogenated alkanes) is 4. The molecule has 0 atom stereocenters. The molecule has 192 valence electrons. The summed E-state index contributed by atoms with van der Waals surface area (Å²) >= 11 is 21.8. The lowest BCUT2D eigenvalue weighted by molar-refractivity contribution is -0.0162. The van der Waals surface area contributed by atoms with E-state index in [4.69, 9.17) is 67.8 Å². The molecule has 0 rings (SSSR count). The minimum absolute atomic E-state index is 0.304. The van der Waals surface area contributed by atoms with Gasteiger partial charge in [0.05, 0.1) is 0 Å². The molecular weight excluding hydrogens is 493 g/mol. The molecule has 8 heteroatoms. The van der Waals surface area contributed by atoms with Crippen LogP contribution < -0.4 is 0 Å². The first-order valence-corrected chi connectivity index (χ1v) is 14.1. The molecular formula is C25H44O4S4. The van der Waals surface area contributed by atoms with Crippen molar-refractivity contribution in [1.29, 1.82) is 0 Å². The van der Waals surface area contributed by atoms with Crippen LogP contribution in [0, 0.1) is 5.41 Å². The Hall–Kier alpha value is -0.440. The number of hydrogen-bond acceptors (Lipinski definition) is 8. The topological polar surface area (TPSA) is 36.9 Å². The Morgan fingerprint density at radius 1 is 0.455 bits per heavy atom. The zero-order chi connectivity index (χ0) is 25.0. The zero-order valence-corrected chi connectivity index (χ0v) is 24.3. The van der Waals surface area contributed by atoms with E-state index in [1.165, 1.54) is 0 Å². The fourth-order valence-electron chi connectivity index (χ4n) is 2.76. The Labute approximate surface area is 223 Å². The number of ether oxygens (including phenoxy) is 4. The average molecular weight is 537 g/mol. The second kappa shape index (κ2) is 20.9. The van der Waals surface area contributed by atoms with E-state index in [0.717, 1.165) is 77.0 Å². The molecule has 0 fully saturated rings. The quantitative estimate of drug-likeness (QED) is 0.144. The SMILES string of the molecule is CCCCC(=S)OCC(COC(=S)CCCC)(COC(=S)CCCC)COC(=S)CCCC. The van der Waals surface area contributed by atoms with Gasteiger partial charge in [-0.05, 0) is 74.6 Å². The molecule has 0 amide bonds. The van der Waals surface area contributed by atoms with Crippen LogP contribution in [-0.4, -0.2) is 46.6 Å². The molecule has 0 saturated heterocycles. The van der Waals surface area contributed by atoms with Crippen molar-refractivity contribution < 1.29 is 18.9 Å². The molecule has 33 heavy (non-hydrogen) atoms. The third-order valence-electron chi connectivity index (χ3n) is 5.10. The van der Waals surface area contributed by atoms with Crippen molar-refractivity contribution in [1.82, 2.24) is 0 Å². The monoisotopic (exact) mass is 536 g/mol. The van der Waals surface area contributed by atoms with Gasteiger partial charge in [0.25, 0.3) is 0 Å². The molecule has 0 aliphatic rings. The van der Waals surface area contributed by atoms with E-state index in [1.807, 2.05) is 0 Å². The largest absolute Gasteiger partial charge is 0.486 e. The van der Waals surface area contributed by atoms with Crippen LogP contribution >= 0.6 is 48.9 Å². The summed E-state index contributed by atoms with van der Waals surface area (Å²) in [6.45, 7) is 9.75. The van der Waals surface area contributed by atoms with E-state index >= 15 is 0 Å². The van der Waals surface area contributed by atoms with Crippen molar-refractivity contribution in [2.45, 2.75) is 105 Å². The second-order valence-electron chi connectivity index (χ2n) is 8.56.